The molecule has 0 amide bonds. The molecule has 0 saturated carbocycles. The summed E-state index contributed by atoms with van der Waals surface area (Å²) < 4.78 is 0. The fourth-order valence-electron chi connectivity index (χ4n) is 1.82. The van der Waals surface area contributed by atoms with Gasteiger partial charge in [0.2, 0.25) is 0 Å². The van der Waals surface area contributed by atoms with Gasteiger partial charge in [0.15, 0.2) is 0 Å². The van der Waals surface area contributed by atoms with Gasteiger partial charge in [-0.15, -0.1) is 0 Å². The van der Waals surface area contributed by atoms with Gasteiger partial charge in [0, 0.05) is 12.1 Å². The van der Waals surface area contributed by atoms with Crippen LogP contribution in [0.15, 0.2) is 18.2 Å². The van der Waals surface area contributed by atoms with Crippen LogP contribution in [0.2, 0.25) is 0 Å². The maximum absolute atomic E-state index is 3.53. The fraction of sp³-hybridized carbons (Fsp3) is 0.538. The van der Waals surface area contributed by atoms with Crippen molar-refractivity contribution >= 4 is 0 Å². The quantitative estimate of drug-likeness (QED) is 0.772. The molecule has 0 unspecified atom stereocenters. The Morgan fingerprint density at radius 2 is 1.71 bits per heavy atom. The van der Waals surface area contributed by atoms with Crippen LogP contribution in [0.3, 0.4) is 0 Å². The van der Waals surface area contributed by atoms with Gasteiger partial charge in [-0.05, 0) is 31.9 Å². The van der Waals surface area contributed by atoms with Crippen LogP contribution in [0.5, 0.6) is 0 Å². The Labute approximate surface area is 87.5 Å². The van der Waals surface area contributed by atoms with E-state index in [1.165, 1.54) is 16.7 Å². The maximum atomic E-state index is 3.53. The highest BCUT2D eigenvalue weighted by atomic mass is 14.9. The molecular formula is C13H21N. The predicted octanol–water partition coefficient (Wildman–Crippen LogP) is 3.36. The third-order valence-electron chi connectivity index (χ3n) is 2.48. The summed E-state index contributed by atoms with van der Waals surface area (Å²) in [5, 5.41) is 3.53. The molecule has 0 aromatic heterocycles. The molecule has 1 aromatic carbocycles. The van der Waals surface area contributed by atoms with Crippen molar-refractivity contribution in [3.63, 3.8) is 0 Å². The molecule has 1 heteroatoms. The summed E-state index contributed by atoms with van der Waals surface area (Å²) in [4.78, 5) is 0. The van der Waals surface area contributed by atoms with E-state index >= 15 is 0 Å². The molecule has 0 aliphatic carbocycles. The summed E-state index contributed by atoms with van der Waals surface area (Å²) >= 11 is 0. The zero-order valence-corrected chi connectivity index (χ0v) is 9.89. The van der Waals surface area contributed by atoms with Gasteiger partial charge in [0.25, 0.3) is 0 Å². The van der Waals surface area contributed by atoms with Crippen LogP contribution in [0, 0.1) is 13.8 Å². The summed E-state index contributed by atoms with van der Waals surface area (Å²) in [7, 11) is 0. The zero-order valence-electron chi connectivity index (χ0n) is 9.89. The molecule has 78 valence electrons. The van der Waals surface area contributed by atoms with E-state index in [9.17, 15) is 0 Å². The Morgan fingerprint density at radius 1 is 1.07 bits per heavy atom. The van der Waals surface area contributed by atoms with E-state index in [1.54, 1.807) is 0 Å². The molecule has 1 rings (SSSR count). The average Bonchev–Trinajstić information content (AvgIpc) is 2.08. The van der Waals surface area contributed by atoms with Gasteiger partial charge < -0.3 is 5.32 Å². The van der Waals surface area contributed by atoms with Gasteiger partial charge in [0.1, 0.15) is 0 Å². The second-order valence-corrected chi connectivity index (χ2v) is 4.40. The minimum Gasteiger partial charge on any atom is -0.308 e. The smallest absolute Gasteiger partial charge is 0.0296 e. The Hall–Kier alpha value is -0.820. The van der Waals surface area contributed by atoms with Crippen molar-refractivity contribution in [1.82, 2.24) is 5.32 Å². The van der Waals surface area contributed by atoms with Gasteiger partial charge in [-0.3, -0.25) is 0 Å². The summed E-state index contributed by atoms with van der Waals surface area (Å²) in [6.07, 6.45) is 0. The molecule has 0 fully saturated rings. The van der Waals surface area contributed by atoms with E-state index in [-0.39, 0.29) is 0 Å². The number of rotatable bonds is 3. The lowest BCUT2D eigenvalue weighted by Gasteiger charge is -2.19. The highest BCUT2D eigenvalue weighted by Crippen LogP contribution is 2.19. The van der Waals surface area contributed by atoms with Crippen LogP contribution in [-0.2, 0) is 0 Å². The van der Waals surface area contributed by atoms with Crippen LogP contribution < -0.4 is 5.32 Å². The lowest BCUT2D eigenvalue weighted by Crippen LogP contribution is -2.26. The van der Waals surface area contributed by atoms with Gasteiger partial charge in [-0.25, -0.2) is 0 Å². The summed E-state index contributed by atoms with van der Waals surface area (Å²) in [5.41, 5.74) is 4.12. The zero-order chi connectivity index (χ0) is 10.7. The van der Waals surface area contributed by atoms with E-state index in [0.717, 1.165) is 0 Å². The molecule has 1 atom stereocenters. The number of nitrogens with one attached hydrogen (secondary N) is 1. The first-order chi connectivity index (χ1) is 6.50. The molecule has 0 spiro atoms. The molecule has 1 nitrogen and oxygen atoms in total. The minimum atomic E-state index is 0.440. The monoisotopic (exact) mass is 191 g/mol. The normalized spacial score (nSPS) is 13.3. The van der Waals surface area contributed by atoms with Crippen LogP contribution >= 0.6 is 0 Å². The van der Waals surface area contributed by atoms with Crippen LogP contribution in [0.4, 0.5) is 0 Å². The summed E-state index contributed by atoms with van der Waals surface area (Å²) in [6.45, 7) is 10.9. The predicted molar refractivity (Wildman–Crippen MR) is 62.6 cm³/mol. The average molecular weight is 191 g/mol. The molecule has 0 bridgehead atoms. The summed E-state index contributed by atoms with van der Waals surface area (Å²) in [5.74, 6) is 0. The van der Waals surface area contributed by atoms with Crippen molar-refractivity contribution < 1.29 is 0 Å². The van der Waals surface area contributed by atoms with Crippen molar-refractivity contribution in [3.8, 4) is 0 Å². The largest absolute Gasteiger partial charge is 0.308 e. The third-order valence-corrected chi connectivity index (χ3v) is 2.48. The van der Waals surface area contributed by atoms with Crippen molar-refractivity contribution in [2.45, 2.75) is 46.7 Å². The highest BCUT2D eigenvalue weighted by Gasteiger charge is 2.08. The van der Waals surface area contributed by atoms with E-state index in [0.29, 0.717) is 12.1 Å². The fourth-order valence-corrected chi connectivity index (χ4v) is 1.82. The van der Waals surface area contributed by atoms with Crippen molar-refractivity contribution in [1.29, 1.82) is 0 Å². The molecular weight excluding hydrogens is 170 g/mol. The lowest BCUT2D eigenvalue weighted by atomic mass is 9.99. The summed E-state index contributed by atoms with van der Waals surface area (Å²) in [6, 6.07) is 7.61. The second-order valence-electron chi connectivity index (χ2n) is 4.40. The Balaban J connectivity index is 2.88. The Morgan fingerprint density at radius 3 is 2.29 bits per heavy atom. The van der Waals surface area contributed by atoms with Gasteiger partial charge in [-0.2, -0.15) is 0 Å². The van der Waals surface area contributed by atoms with Crippen molar-refractivity contribution in [2.24, 2.45) is 0 Å². The molecule has 0 radical (unpaired) electrons. The minimum absolute atomic E-state index is 0.440. The van der Waals surface area contributed by atoms with Crippen LogP contribution in [-0.4, -0.2) is 6.04 Å². The number of benzene rings is 1. The van der Waals surface area contributed by atoms with Crippen LogP contribution in [0.1, 0.15) is 43.5 Å². The number of aryl methyl sites for hydroxylation is 2. The van der Waals surface area contributed by atoms with Crippen molar-refractivity contribution in [3.05, 3.63) is 34.9 Å². The first kappa shape index (κ1) is 11.3. The molecule has 1 N–H and O–H groups in total. The topological polar surface area (TPSA) is 12.0 Å². The molecule has 0 aliphatic rings. The molecule has 14 heavy (non-hydrogen) atoms. The second kappa shape index (κ2) is 4.61. The first-order valence-corrected chi connectivity index (χ1v) is 5.34. The Bertz CT molecular complexity index is 302. The maximum Gasteiger partial charge on any atom is 0.0296 e. The molecule has 0 heterocycles. The number of hydrogen-bond donors (Lipinski definition) is 1. The highest BCUT2D eigenvalue weighted by molar-refractivity contribution is 5.32. The van der Waals surface area contributed by atoms with E-state index in [2.05, 4.69) is 58.1 Å². The van der Waals surface area contributed by atoms with Gasteiger partial charge in [-0.1, -0.05) is 37.6 Å². The first-order valence-electron chi connectivity index (χ1n) is 5.34. The van der Waals surface area contributed by atoms with E-state index in [1.807, 2.05) is 0 Å². The van der Waals surface area contributed by atoms with Crippen LogP contribution in [0.25, 0.3) is 0 Å². The van der Waals surface area contributed by atoms with Gasteiger partial charge >= 0.3 is 0 Å². The molecule has 1 aromatic rings. The molecule has 0 saturated heterocycles. The standard InChI is InChI=1S/C13H21N/c1-9(2)14-12(5)13-8-10(3)6-7-11(13)4/h6-9,12,14H,1-5H3/t12-/m1/s1. The Kier molecular flexibility index (Phi) is 3.70. The molecule has 0 aliphatic heterocycles. The van der Waals surface area contributed by atoms with E-state index in [4.69, 9.17) is 0 Å². The van der Waals surface area contributed by atoms with E-state index < -0.39 is 0 Å². The SMILES string of the molecule is Cc1ccc(C)c([C@@H](C)NC(C)C)c1. The van der Waals surface area contributed by atoms with Crippen molar-refractivity contribution in [2.75, 3.05) is 0 Å². The lowest BCUT2D eigenvalue weighted by molar-refractivity contribution is 0.504. The van der Waals surface area contributed by atoms with Gasteiger partial charge in [0.05, 0.1) is 0 Å². The number of hydrogen-bond acceptors (Lipinski definition) is 1. The third kappa shape index (κ3) is 2.85.